The molecule has 1 rings (SSSR count). The fourth-order valence-corrected chi connectivity index (χ4v) is 1.42. The third-order valence-electron chi connectivity index (χ3n) is 2.47. The predicted molar refractivity (Wildman–Crippen MR) is 76.6 cm³/mol. The van der Waals surface area contributed by atoms with Crippen LogP contribution in [0.4, 0.5) is 0 Å². The van der Waals surface area contributed by atoms with Crippen molar-refractivity contribution in [3.63, 3.8) is 0 Å². The van der Waals surface area contributed by atoms with E-state index >= 15 is 0 Å². The summed E-state index contributed by atoms with van der Waals surface area (Å²) in [6, 6.07) is 5.82. The molecule has 0 radical (unpaired) electrons. The Bertz CT molecular complexity index is 495. The number of benzene rings is 1. The van der Waals surface area contributed by atoms with Crippen molar-refractivity contribution in [1.29, 1.82) is 0 Å². The van der Waals surface area contributed by atoms with Gasteiger partial charge in [-0.15, -0.1) is 0 Å². The Balaban J connectivity index is 2.47. The lowest BCUT2D eigenvalue weighted by atomic mass is 10.2. The van der Waals surface area contributed by atoms with Crippen LogP contribution in [0.3, 0.4) is 0 Å². The first-order valence-electron chi connectivity index (χ1n) is 6.42. The van der Waals surface area contributed by atoms with Gasteiger partial charge in [-0.1, -0.05) is 6.92 Å². The lowest BCUT2D eigenvalue weighted by molar-refractivity contribution is -0.119. The molecule has 6 nitrogen and oxygen atoms in total. The van der Waals surface area contributed by atoms with E-state index in [1.165, 1.54) is 24.3 Å². The smallest absolute Gasteiger partial charge is 0.271 e. The van der Waals surface area contributed by atoms with Gasteiger partial charge in [0.05, 0.1) is 6.42 Å². The lowest BCUT2D eigenvalue weighted by Crippen LogP contribution is -2.27. The summed E-state index contributed by atoms with van der Waals surface area (Å²) >= 11 is 0. The van der Waals surface area contributed by atoms with E-state index in [-0.39, 0.29) is 18.1 Å². The molecule has 0 aliphatic rings. The minimum atomic E-state index is -0.390. The number of rotatable bonds is 6. The van der Waals surface area contributed by atoms with Gasteiger partial charge >= 0.3 is 0 Å². The Hall–Kier alpha value is -2.37. The van der Waals surface area contributed by atoms with Crippen molar-refractivity contribution in [3.05, 3.63) is 29.8 Å². The number of carbonyl (C=O) groups is 2. The molecule has 0 unspecified atom stereocenters. The summed E-state index contributed by atoms with van der Waals surface area (Å²) in [5, 5.41) is 15.7. The van der Waals surface area contributed by atoms with Gasteiger partial charge in [0.2, 0.25) is 5.91 Å². The molecule has 0 aromatic heterocycles. The molecule has 3 N–H and O–H groups in total. The molecule has 0 fully saturated rings. The van der Waals surface area contributed by atoms with Crippen LogP contribution >= 0.6 is 0 Å². The Labute approximate surface area is 117 Å². The highest BCUT2D eigenvalue weighted by molar-refractivity contribution is 6.01. The zero-order chi connectivity index (χ0) is 15.0. The number of amides is 2. The fourth-order valence-electron chi connectivity index (χ4n) is 1.42. The Morgan fingerprint density at radius 2 is 1.90 bits per heavy atom. The van der Waals surface area contributed by atoms with Crippen LogP contribution in [0.5, 0.6) is 5.75 Å². The van der Waals surface area contributed by atoms with Crippen LogP contribution in [-0.4, -0.2) is 29.2 Å². The molecule has 0 heterocycles. The van der Waals surface area contributed by atoms with Gasteiger partial charge in [-0.3, -0.25) is 9.59 Å². The molecular formula is C14H19N3O3. The molecule has 0 bridgehead atoms. The molecule has 0 spiro atoms. The van der Waals surface area contributed by atoms with Gasteiger partial charge in [0.1, 0.15) is 5.75 Å². The van der Waals surface area contributed by atoms with Crippen LogP contribution in [0, 0.1) is 0 Å². The first kappa shape index (κ1) is 15.7. The molecule has 108 valence electrons. The molecule has 0 aliphatic carbocycles. The summed E-state index contributed by atoms with van der Waals surface area (Å²) in [4.78, 5) is 23.1. The van der Waals surface area contributed by atoms with Crippen LogP contribution in [0.1, 0.15) is 37.0 Å². The second-order valence-electron chi connectivity index (χ2n) is 4.36. The number of hydrogen-bond donors (Lipinski definition) is 3. The molecule has 20 heavy (non-hydrogen) atoms. The maximum Gasteiger partial charge on any atom is 0.271 e. The quantitative estimate of drug-likeness (QED) is 0.542. The van der Waals surface area contributed by atoms with Crippen LogP contribution in [-0.2, 0) is 4.79 Å². The van der Waals surface area contributed by atoms with Gasteiger partial charge in [-0.2, -0.15) is 5.10 Å². The number of hydrazone groups is 1. The predicted octanol–water partition coefficient (Wildman–Crippen LogP) is 1.41. The van der Waals surface area contributed by atoms with Crippen molar-refractivity contribution < 1.29 is 14.7 Å². The van der Waals surface area contributed by atoms with E-state index in [2.05, 4.69) is 15.8 Å². The number of aromatic hydroxyl groups is 1. The SMILES string of the molecule is CCCNC(=O)C/C(C)=N/NC(=O)c1ccc(O)cc1. The highest BCUT2D eigenvalue weighted by atomic mass is 16.3. The highest BCUT2D eigenvalue weighted by Gasteiger charge is 2.06. The van der Waals surface area contributed by atoms with E-state index < -0.39 is 5.91 Å². The van der Waals surface area contributed by atoms with Crippen molar-refractivity contribution >= 4 is 17.5 Å². The first-order valence-corrected chi connectivity index (χ1v) is 6.42. The fraction of sp³-hybridized carbons (Fsp3) is 0.357. The van der Waals surface area contributed by atoms with Crippen molar-refractivity contribution in [2.75, 3.05) is 6.54 Å². The van der Waals surface area contributed by atoms with Gasteiger partial charge in [0.15, 0.2) is 0 Å². The summed E-state index contributed by atoms with van der Waals surface area (Å²) in [6.45, 7) is 4.27. The maximum atomic E-state index is 11.7. The van der Waals surface area contributed by atoms with E-state index in [9.17, 15) is 9.59 Å². The standard InChI is InChI=1S/C14H19N3O3/c1-3-8-15-13(19)9-10(2)16-17-14(20)11-4-6-12(18)7-5-11/h4-7,18H,3,8-9H2,1-2H3,(H,15,19)(H,17,20)/b16-10+. The summed E-state index contributed by atoms with van der Waals surface area (Å²) in [6.07, 6.45) is 1.02. The number of hydrogen-bond acceptors (Lipinski definition) is 4. The summed E-state index contributed by atoms with van der Waals surface area (Å²) in [5.41, 5.74) is 3.27. The second-order valence-corrected chi connectivity index (χ2v) is 4.36. The Morgan fingerprint density at radius 1 is 1.25 bits per heavy atom. The van der Waals surface area contributed by atoms with E-state index in [0.717, 1.165) is 6.42 Å². The zero-order valence-corrected chi connectivity index (χ0v) is 11.6. The molecule has 1 aromatic carbocycles. The van der Waals surface area contributed by atoms with E-state index in [1.807, 2.05) is 6.92 Å². The van der Waals surface area contributed by atoms with Gasteiger partial charge < -0.3 is 10.4 Å². The molecule has 0 atom stereocenters. The van der Waals surface area contributed by atoms with Crippen molar-refractivity contribution in [2.45, 2.75) is 26.7 Å². The summed E-state index contributed by atoms with van der Waals surface area (Å²) in [7, 11) is 0. The number of carbonyl (C=O) groups excluding carboxylic acids is 2. The molecule has 2 amide bonds. The number of nitrogens with one attached hydrogen (secondary N) is 2. The molecule has 6 heteroatoms. The number of phenols is 1. The largest absolute Gasteiger partial charge is 0.508 e. The maximum absolute atomic E-state index is 11.7. The van der Waals surface area contributed by atoms with E-state index in [1.54, 1.807) is 6.92 Å². The minimum absolute atomic E-state index is 0.0915. The lowest BCUT2D eigenvalue weighted by Gasteiger charge is -2.04. The van der Waals surface area contributed by atoms with Gasteiger partial charge in [0.25, 0.3) is 5.91 Å². The average Bonchev–Trinajstić information content (AvgIpc) is 2.43. The second kappa shape index (κ2) is 7.93. The molecule has 0 saturated heterocycles. The number of nitrogens with zero attached hydrogens (tertiary/aromatic N) is 1. The normalized spacial score (nSPS) is 11.0. The third-order valence-corrected chi connectivity index (χ3v) is 2.47. The van der Waals surface area contributed by atoms with Crippen molar-refractivity contribution in [1.82, 2.24) is 10.7 Å². The van der Waals surface area contributed by atoms with E-state index in [4.69, 9.17) is 5.11 Å². The summed E-state index contributed by atoms with van der Waals surface area (Å²) < 4.78 is 0. The number of phenolic OH excluding ortho intramolecular Hbond substituents is 1. The van der Waals surface area contributed by atoms with Crippen LogP contribution in [0.2, 0.25) is 0 Å². The molecular weight excluding hydrogens is 258 g/mol. The van der Waals surface area contributed by atoms with Crippen molar-refractivity contribution in [2.24, 2.45) is 5.10 Å². The molecule has 1 aromatic rings. The van der Waals surface area contributed by atoms with Gasteiger partial charge in [-0.05, 0) is 37.6 Å². The van der Waals surface area contributed by atoms with Crippen LogP contribution < -0.4 is 10.7 Å². The van der Waals surface area contributed by atoms with Crippen molar-refractivity contribution in [3.8, 4) is 5.75 Å². The summed E-state index contributed by atoms with van der Waals surface area (Å²) in [5.74, 6) is -0.417. The monoisotopic (exact) mass is 277 g/mol. The molecule has 0 saturated carbocycles. The third kappa shape index (κ3) is 5.51. The van der Waals surface area contributed by atoms with Crippen LogP contribution in [0.15, 0.2) is 29.4 Å². The molecule has 0 aliphatic heterocycles. The Morgan fingerprint density at radius 3 is 2.50 bits per heavy atom. The van der Waals surface area contributed by atoms with E-state index in [0.29, 0.717) is 17.8 Å². The van der Waals surface area contributed by atoms with Gasteiger partial charge in [0, 0.05) is 17.8 Å². The Kier molecular flexibility index (Phi) is 6.22. The minimum Gasteiger partial charge on any atom is -0.508 e. The topological polar surface area (TPSA) is 90.8 Å². The van der Waals surface area contributed by atoms with Gasteiger partial charge in [-0.25, -0.2) is 5.43 Å². The van der Waals surface area contributed by atoms with Crippen LogP contribution in [0.25, 0.3) is 0 Å². The average molecular weight is 277 g/mol. The zero-order valence-electron chi connectivity index (χ0n) is 11.6. The highest BCUT2D eigenvalue weighted by Crippen LogP contribution is 2.09. The first-order chi connectivity index (χ1) is 9.52.